The fourth-order valence-electron chi connectivity index (χ4n) is 2.30. The highest BCUT2D eigenvalue weighted by molar-refractivity contribution is 7.99. The van der Waals surface area contributed by atoms with Crippen LogP contribution < -0.4 is 5.73 Å². The molecule has 0 aliphatic carbocycles. The maximum Gasteiger partial charge on any atom is 0.183 e. The number of hydrogen-bond donors (Lipinski definition) is 1. The normalized spacial score (nSPS) is 20.8. The Bertz CT molecular complexity index is 516. The second kappa shape index (κ2) is 4.56. The smallest absolute Gasteiger partial charge is 0.183 e. The molecule has 17 heavy (non-hydrogen) atoms. The molecule has 1 fully saturated rings. The monoisotopic (exact) mass is 248 g/mol. The lowest BCUT2D eigenvalue weighted by molar-refractivity contribution is 0.645. The van der Waals surface area contributed by atoms with Crippen LogP contribution in [-0.4, -0.2) is 25.6 Å². The predicted octanol–water partition coefficient (Wildman–Crippen LogP) is 2.14. The Balaban J connectivity index is 1.87. The van der Waals surface area contributed by atoms with Crippen molar-refractivity contribution in [2.45, 2.75) is 30.9 Å². The molecule has 1 atom stereocenters. The van der Waals surface area contributed by atoms with Crippen molar-refractivity contribution in [2.24, 2.45) is 0 Å². The van der Waals surface area contributed by atoms with Crippen molar-refractivity contribution in [3.8, 4) is 0 Å². The second-order valence-electron chi connectivity index (χ2n) is 4.47. The first kappa shape index (κ1) is 10.9. The van der Waals surface area contributed by atoms with Gasteiger partial charge < -0.3 is 5.73 Å². The van der Waals surface area contributed by atoms with Gasteiger partial charge in [-0.15, -0.1) is 10.2 Å². The average Bonchev–Trinajstić information content (AvgIpc) is 2.76. The van der Waals surface area contributed by atoms with Crippen molar-refractivity contribution in [2.75, 3.05) is 11.5 Å². The molecule has 1 saturated heterocycles. The highest BCUT2D eigenvalue weighted by Gasteiger charge is 2.17. The lowest BCUT2D eigenvalue weighted by atomic mass is 10.1. The molecule has 0 bridgehead atoms. The molecule has 90 valence electrons. The molecule has 3 heterocycles. The van der Waals surface area contributed by atoms with E-state index in [9.17, 15) is 0 Å². The molecule has 3 rings (SSSR count). The van der Waals surface area contributed by atoms with Crippen LogP contribution in [0, 0.1) is 0 Å². The summed E-state index contributed by atoms with van der Waals surface area (Å²) in [5.74, 6) is 2.32. The van der Waals surface area contributed by atoms with Gasteiger partial charge in [0.2, 0.25) is 0 Å². The van der Waals surface area contributed by atoms with E-state index in [1.807, 2.05) is 22.7 Å². The summed E-state index contributed by atoms with van der Waals surface area (Å²) in [6.45, 7) is 0. The number of anilines is 1. The lowest BCUT2D eigenvalue weighted by Gasteiger charge is -2.20. The molecule has 0 aromatic carbocycles. The molecule has 4 nitrogen and oxygen atoms in total. The Morgan fingerprint density at radius 3 is 3.18 bits per heavy atom. The third-order valence-corrected chi connectivity index (χ3v) is 4.62. The van der Waals surface area contributed by atoms with Crippen molar-refractivity contribution in [3.05, 3.63) is 24.2 Å². The third-order valence-electron chi connectivity index (χ3n) is 3.22. The largest absolute Gasteiger partial charge is 0.396 e. The van der Waals surface area contributed by atoms with Crippen molar-refractivity contribution in [1.82, 2.24) is 14.6 Å². The highest BCUT2D eigenvalue weighted by Crippen LogP contribution is 2.27. The van der Waals surface area contributed by atoms with Crippen LogP contribution in [0.5, 0.6) is 0 Å². The molecular weight excluding hydrogens is 232 g/mol. The minimum atomic E-state index is 0.692. The van der Waals surface area contributed by atoms with E-state index in [1.165, 1.54) is 25.0 Å². The summed E-state index contributed by atoms with van der Waals surface area (Å²) in [6, 6.07) is 3.81. The first-order chi connectivity index (χ1) is 8.34. The van der Waals surface area contributed by atoms with Gasteiger partial charge in [0.1, 0.15) is 5.82 Å². The number of pyridine rings is 1. The third kappa shape index (κ3) is 2.11. The summed E-state index contributed by atoms with van der Waals surface area (Å²) in [7, 11) is 0. The lowest BCUT2D eigenvalue weighted by Crippen LogP contribution is -2.14. The standard InChI is InChI=1S/C12H16N4S/c13-10-5-3-6-16-11(14-15-12(10)16)8-9-4-1-2-7-17-9/h3,5-6,9H,1-2,4,7-8,13H2. The molecule has 0 spiro atoms. The van der Waals surface area contributed by atoms with Gasteiger partial charge in [0, 0.05) is 17.9 Å². The molecule has 0 amide bonds. The summed E-state index contributed by atoms with van der Waals surface area (Å²) in [5.41, 5.74) is 7.35. The highest BCUT2D eigenvalue weighted by atomic mass is 32.2. The molecule has 2 aromatic heterocycles. The summed E-state index contributed by atoms with van der Waals surface area (Å²) >= 11 is 2.06. The number of thioether (sulfide) groups is 1. The summed E-state index contributed by atoms with van der Waals surface area (Å²) in [6.07, 6.45) is 6.98. The molecule has 5 heteroatoms. The average molecular weight is 248 g/mol. The van der Waals surface area contributed by atoms with E-state index in [2.05, 4.69) is 22.0 Å². The van der Waals surface area contributed by atoms with Crippen LogP contribution in [0.15, 0.2) is 18.3 Å². The summed E-state index contributed by atoms with van der Waals surface area (Å²) in [5, 5.41) is 9.12. The van der Waals surface area contributed by atoms with Gasteiger partial charge in [0.25, 0.3) is 0 Å². The van der Waals surface area contributed by atoms with Gasteiger partial charge >= 0.3 is 0 Å². The fourth-order valence-corrected chi connectivity index (χ4v) is 3.60. The number of nitrogen functional groups attached to an aromatic ring is 1. The van der Waals surface area contributed by atoms with Gasteiger partial charge in [-0.05, 0) is 30.7 Å². The van der Waals surface area contributed by atoms with Gasteiger partial charge in [-0.1, -0.05) is 6.42 Å². The Hall–Kier alpha value is -1.23. The van der Waals surface area contributed by atoms with Crippen LogP contribution in [-0.2, 0) is 6.42 Å². The van der Waals surface area contributed by atoms with Crippen LogP contribution in [0.1, 0.15) is 25.1 Å². The first-order valence-corrected chi connectivity index (χ1v) is 7.09. The number of hydrogen-bond acceptors (Lipinski definition) is 4. The second-order valence-corrected chi connectivity index (χ2v) is 5.87. The Labute approximate surface area is 105 Å². The van der Waals surface area contributed by atoms with Gasteiger partial charge in [0.05, 0.1) is 5.69 Å². The van der Waals surface area contributed by atoms with E-state index in [1.54, 1.807) is 0 Å². The maximum absolute atomic E-state index is 5.87. The van der Waals surface area contributed by atoms with Crippen LogP contribution in [0.4, 0.5) is 5.69 Å². The number of fused-ring (bicyclic) bond motifs is 1. The quantitative estimate of drug-likeness (QED) is 0.884. The Morgan fingerprint density at radius 2 is 2.35 bits per heavy atom. The van der Waals surface area contributed by atoms with Crippen molar-refractivity contribution in [3.63, 3.8) is 0 Å². The molecule has 1 aliphatic rings. The summed E-state index contributed by atoms with van der Waals surface area (Å²) in [4.78, 5) is 0. The molecule has 0 saturated carbocycles. The van der Waals surface area contributed by atoms with Crippen molar-refractivity contribution < 1.29 is 0 Å². The van der Waals surface area contributed by atoms with E-state index in [0.29, 0.717) is 10.9 Å². The van der Waals surface area contributed by atoms with Gasteiger partial charge in [-0.2, -0.15) is 11.8 Å². The Kier molecular flexibility index (Phi) is 2.93. The van der Waals surface area contributed by atoms with E-state index in [-0.39, 0.29) is 0 Å². The predicted molar refractivity (Wildman–Crippen MR) is 71.2 cm³/mol. The first-order valence-electron chi connectivity index (χ1n) is 6.04. The van der Waals surface area contributed by atoms with Crippen LogP contribution in [0.3, 0.4) is 0 Å². The number of aromatic nitrogens is 3. The molecule has 0 radical (unpaired) electrons. The minimum Gasteiger partial charge on any atom is -0.396 e. The van der Waals surface area contributed by atoms with Gasteiger partial charge in [-0.25, -0.2) is 0 Å². The van der Waals surface area contributed by atoms with E-state index >= 15 is 0 Å². The van der Waals surface area contributed by atoms with E-state index in [4.69, 9.17) is 5.73 Å². The fraction of sp³-hybridized carbons (Fsp3) is 0.500. The van der Waals surface area contributed by atoms with Crippen molar-refractivity contribution >= 4 is 23.1 Å². The molecule has 2 aromatic rings. The van der Waals surface area contributed by atoms with Crippen LogP contribution in [0.25, 0.3) is 5.65 Å². The number of nitrogens with zero attached hydrogens (tertiary/aromatic N) is 3. The van der Waals surface area contributed by atoms with Gasteiger partial charge in [-0.3, -0.25) is 4.40 Å². The molecule has 1 unspecified atom stereocenters. The van der Waals surface area contributed by atoms with Crippen molar-refractivity contribution in [1.29, 1.82) is 0 Å². The van der Waals surface area contributed by atoms with Crippen LogP contribution in [0.2, 0.25) is 0 Å². The zero-order chi connectivity index (χ0) is 11.7. The molecule has 2 N–H and O–H groups in total. The zero-order valence-electron chi connectivity index (χ0n) is 9.67. The zero-order valence-corrected chi connectivity index (χ0v) is 10.5. The molecule has 1 aliphatic heterocycles. The van der Waals surface area contributed by atoms with E-state index in [0.717, 1.165) is 17.9 Å². The molecular formula is C12H16N4S. The minimum absolute atomic E-state index is 0.692. The number of nitrogens with two attached hydrogens (primary N) is 1. The maximum atomic E-state index is 5.87. The summed E-state index contributed by atoms with van der Waals surface area (Å²) < 4.78 is 2.02. The topological polar surface area (TPSA) is 56.2 Å². The van der Waals surface area contributed by atoms with Gasteiger partial charge in [0.15, 0.2) is 5.65 Å². The van der Waals surface area contributed by atoms with Crippen LogP contribution >= 0.6 is 11.8 Å². The Morgan fingerprint density at radius 1 is 1.41 bits per heavy atom. The SMILES string of the molecule is Nc1cccn2c(CC3CCCCS3)nnc12. The number of rotatable bonds is 2. The van der Waals surface area contributed by atoms with E-state index < -0.39 is 0 Å².